The highest BCUT2D eigenvalue weighted by Crippen LogP contribution is 2.43. The van der Waals surface area contributed by atoms with Crippen LogP contribution < -0.4 is 14.6 Å². The minimum Gasteiger partial charge on any atom is -0.550 e. The molecular weight excluding hydrogens is 408 g/mol. The lowest BCUT2D eigenvalue weighted by Crippen LogP contribution is -2.22. The lowest BCUT2D eigenvalue weighted by molar-refractivity contribution is -0.306. The predicted octanol–water partition coefficient (Wildman–Crippen LogP) is 1.63. The molecule has 0 bridgehead atoms. The van der Waals surface area contributed by atoms with Crippen LogP contribution in [0.5, 0.6) is 11.5 Å². The number of carbonyl (C=O) groups excluding carboxylic acids is 4. The lowest BCUT2D eigenvalue weighted by atomic mass is 9.91. The number of hydrogen-bond donors (Lipinski definition) is 0. The third kappa shape index (κ3) is 5.96. The fraction of sp³-hybridized carbons (Fsp3) is 0.545. The molecule has 1 aliphatic rings. The van der Waals surface area contributed by atoms with Crippen molar-refractivity contribution in [1.82, 2.24) is 0 Å². The second-order valence-corrected chi connectivity index (χ2v) is 7.50. The zero-order valence-corrected chi connectivity index (χ0v) is 18.2. The molecule has 9 heteroatoms. The number of esters is 3. The van der Waals surface area contributed by atoms with Gasteiger partial charge in [-0.2, -0.15) is 0 Å². The van der Waals surface area contributed by atoms with Crippen LogP contribution >= 0.6 is 0 Å². The summed E-state index contributed by atoms with van der Waals surface area (Å²) in [6.45, 7) is 3.75. The third-order valence-electron chi connectivity index (χ3n) is 5.33. The second-order valence-electron chi connectivity index (χ2n) is 7.50. The number of hydrogen-bond acceptors (Lipinski definition) is 9. The van der Waals surface area contributed by atoms with Gasteiger partial charge in [-0.05, 0) is 44.1 Å². The molecule has 0 aromatic heterocycles. The highest BCUT2D eigenvalue weighted by Gasteiger charge is 2.34. The maximum atomic E-state index is 12.4. The van der Waals surface area contributed by atoms with E-state index < -0.39 is 23.9 Å². The van der Waals surface area contributed by atoms with Crippen LogP contribution in [0.25, 0.3) is 0 Å². The van der Waals surface area contributed by atoms with Gasteiger partial charge in [-0.1, -0.05) is 6.92 Å². The number of aliphatic carboxylic acids is 1. The Hall–Kier alpha value is -3.10. The summed E-state index contributed by atoms with van der Waals surface area (Å²) in [6.07, 6.45) is 0.977. The number of rotatable bonds is 11. The quantitative estimate of drug-likeness (QED) is 0.376. The average molecular weight is 435 g/mol. The molecule has 2 rings (SSSR count). The van der Waals surface area contributed by atoms with Crippen LogP contribution in [0.15, 0.2) is 0 Å². The third-order valence-corrected chi connectivity index (χ3v) is 5.33. The van der Waals surface area contributed by atoms with Crippen molar-refractivity contribution >= 4 is 23.9 Å². The Bertz CT molecular complexity index is 872. The normalized spacial score (nSPS) is 13.2. The highest BCUT2D eigenvalue weighted by atomic mass is 16.6. The molecule has 0 saturated heterocycles. The first-order valence-electron chi connectivity index (χ1n) is 10.1. The van der Waals surface area contributed by atoms with Gasteiger partial charge in [-0.25, -0.2) is 4.79 Å². The van der Waals surface area contributed by atoms with Gasteiger partial charge >= 0.3 is 17.9 Å². The Morgan fingerprint density at radius 1 is 1.06 bits per heavy atom. The molecule has 0 N–H and O–H groups in total. The molecule has 9 nitrogen and oxygen atoms in total. The van der Waals surface area contributed by atoms with Gasteiger partial charge in [0.15, 0.2) is 5.75 Å². The van der Waals surface area contributed by atoms with Crippen LogP contribution in [-0.2, 0) is 36.9 Å². The van der Waals surface area contributed by atoms with Crippen molar-refractivity contribution in [3.63, 3.8) is 0 Å². The van der Waals surface area contributed by atoms with Gasteiger partial charge in [0.05, 0.1) is 27.1 Å². The number of carboxylic acids is 1. The summed E-state index contributed by atoms with van der Waals surface area (Å²) < 4.78 is 20.8. The van der Waals surface area contributed by atoms with E-state index >= 15 is 0 Å². The zero-order valence-electron chi connectivity index (χ0n) is 18.2. The van der Waals surface area contributed by atoms with Crippen molar-refractivity contribution in [1.29, 1.82) is 0 Å². The summed E-state index contributed by atoms with van der Waals surface area (Å²) >= 11 is 0. The molecule has 1 aliphatic heterocycles. The number of methoxy groups -OCH3 is 2. The van der Waals surface area contributed by atoms with Gasteiger partial charge < -0.3 is 28.8 Å². The molecule has 1 heterocycles. The average Bonchev–Trinajstić information content (AvgIpc) is 3.12. The summed E-state index contributed by atoms with van der Waals surface area (Å²) in [5, 5.41) is 10.7. The van der Waals surface area contributed by atoms with Crippen LogP contribution in [0, 0.1) is 12.8 Å². The molecule has 0 radical (unpaired) electrons. The van der Waals surface area contributed by atoms with Gasteiger partial charge in [0.25, 0.3) is 0 Å². The molecule has 1 unspecified atom stereocenters. The molecule has 0 saturated carbocycles. The highest BCUT2D eigenvalue weighted by molar-refractivity contribution is 5.99. The van der Waals surface area contributed by atoms with Crippen molar-refractivity contribution in [2.45, 2.75) is 59.0 Å². The summed E-state index contributed by atoms with van der Waals surface area (Å²) in [4.78, 5) is 46.9. The number of ether oxygens (including phenoxy) is 4. The minimum atomic E-state index is -1.11. The van der Waals surface area contributed by atoms with Crippen LogP contribution in [0.4, 0.5) is 0 Å². The van der Waals surface area contributed by atoms with Crippen molar-refractivity contribution in [2.75, 3.05) is 14.2 Å². The van der Waals surface area contributed by atoms with E-state index in [9.17, 15) is 24.3 Å². The molecular formula is C22H27O9-. The lowest BCUT2D eigenvalue weighted by Gasteiger charge is -2.20. The molecule has 170 valence electrons. The summed E-state index contributed by atoms with van der Waals surface area (Å²) in [5.41, 5.74) is 2.02. The number of benzene rings is 1. The van der Waals surface area contributed by atoms with Gasteiger partial charge in [0, 0.05) is 17.1 Å². The molecule has 0 aliphatic carbocycles. The number of carbonyl (C=O) groups is 4. The van der Waals surface area contributed by atoms with Crippen molar-refractivity contribution in [3.05, 3.63) is 22.3 Å². The van der Waals surface area contributed by atoms with Gasteiger partial charge in [0.2, 0.25) is 0 Å². The SMILES string of the molecule is COC(=O)CCC(=O)Oc1c(CCC(C)CCC(=O)[O-])c(OC)c(C)c2c1C(=O)OC2. The van der Waals surface area contributed by atoms with E-state index in [4.69, 9.17) is 14.2 Å². The van der Waals surface area contributed by atoms with E-state index in [-0.39, 0.29) is 43.1 Å². The molecule has 31 heavy (non-hydrogen) atoms. The molecule has 0 amide bonds. The standard InChI is InChI=1S/C22H28O9/c1-12(6-8-16(23)24)5-7-14-20(29-4)13(2)15-11-30-22(27)19(15)21(14)31-18(26)10-9-17(25)28-3/h12H,5-11H2,1-4H3,(H,23,24)/p-1. The maximum Gasteiger partial charge on any atom is 0.342 e. The Morgan fingerprint density at radius 3 is 2.35 bits per heavy atom. The topological polar surface area (TPSA) is 128 Å². The summed E-state index contributed by atoms with van der Waals surface area (Å²) in [7, 11) is 2.71. The maximum absolute atomic E-state index is 12.4. The summed E-state index contributed by atoms with van der Waals surface area (Å²) in [5.74, 6) is -2.34. The van der Waals surface area contributed by atoms with Crippen molar-refractivity contribution in [3.8, 4) is 11.5 Å². The smallest absolute Gasteiger partial charge is 0.342 e. The van der Waals surface area contributed by atoms with Crippen LogP contribution in [0.2, 0.25) is 0 Å². The van der Waals surface area contributed by atoms with Crippen LogP contribution in [-0.4, -0.2) is 38.1 Å². The number of fused-ring (bicyclic) bond motifs is 1. The fourth-order valence-electron chi connectivity index (χ4n) is 3.53. The van der Waals surface area contributed by atoms with Gasteiger partial charge in [-0.15, -0.1) is 0 Å². The van der Waals surface area contributed by atoms with E-state index in [1.807, 2.05) is 6.92 Å². The Labute approximate surface area is 180 Å². The first-order chi connectivity index (χ1) is 14.7. The monoisotopic (exact) mass is 435 g/mol. The number of cyclic esters (lactones) is 1. The van der Waals surface area contributed by atoms with E-state index in [2.05, 4.69) is 4.74 Å². The Morgan fingerprint density at radius 2 is 1.74 bits per heavy atom. The first-order valence-corrected chi connectivity index (χ1v) is 10.1. The fourth-order valence-corrected chi connectivity index (χ4v) is 3.53. The largest absolute Gasteiger partial charge is 0.550 e. The van der Waals surface area contributed by atoms with Crippen LogP contribution in [0.3, 0.4) is 0 Å². The van der Waals surface area contributed by atoms with E-state index in [0.29, 0.717) is 36.1 Å². The summed E-state index contributed by atoms with van der Waals surface area (Å²) in [6, 6.07) is 0. The predicted molar refractivity (Wildman–Crippen MR) is 105 cm³/mol. The molecule has 1 atom stereocenters. The van der Waals surface area contributed by atoms with E-state index in [1.54, 1.807) is 6.92 Å². The Balaban J connectivity index is 2.37. The van der Waals surface area contributed by atoms with Crippen molar-refractivity contribution in [2.24, 2.45) is 5.92 Å². The zero-order chi connectivity index (χ0) is 23.1. The minimum absolute atomic E-state index is 0.0470. The molecule has 0 spiro atoms. The second kappa shape index (κ2) is 10.8. The molecule has 1 aromatic rings. The van der Waals surface area contributed by atoms with E-state index in [0.717, 1.165) is 5.56 Å². The Kier molecular flexibility index (Phi) is 8.41. The van der Waals surface area contributed by atoms with E-state index in [1.165, 1.54) is 14.2 Å². The molecule has 1 aromatic carbocycles. The number of carboxylic acid groups (broad SMARTS) is 1. The van der Waals surface area contributed by atoms with Gasteiger partial charge in [0.1, 0.15) is 17.9 Å². The van der Waals surface area contributed by atoms with Gasteiger partial charge in [-0.3, -0.25) is 9.59 Å². The van der Waals surface area contributed by atoms with Crippen LogP contribution in [0.1, 0.15) is 66.1 Å². The van der Waals surface area contributed by atoms with Crippen molar-refractivity contribution < 1.29 is 43.2 Å². The first kappa shape index (κ1) is 24.2. The molecule has 0 fully saturated rings.